The lowest BCUT2D eigenvalue weighted by molar-refractivity contribution is -0.0373. The van der Waals surface area contributed by atoms with Crippen LogP contribution in [0.5, 0.6) is 0 Å². The van der Waals surface area contributed by atoms with Crippen molar-refractivity contribution in [1.82, 2.24) is 9.97 Å². The molecular weight excluding hydrogens is 266 g/mol. The second kappa shape index (κ2) is 5.96. The van der Waals surface area contributed by atoms with Crippen LogP contribution in [0, 0.1) is 0 Å². The predicted molar refractivity (Wildman–Crippen MR) is 74.2 cm³/mol. The molecule has 20 heavy (non-hydrogen) atoms. The van der Waals surface area contributed by atoms with Crippen LogP contribution in [0.15, 0.2) is 24.3 Å². The van der Waals surface area contributed by atoms with Crippen LogP contribution in [-0.4, -0.2) is 40.7 Å². The van der Waals surface area contributed by atoms with Crippen LogP contribution < -0.4 is 10.6 Å². The maximum absolute atomic E-state index is 13.1. The van der Waals surface area contributed by atoms with Gasteiger partial charge in [-0.15, -0.1) is 0 Å². The van der Waals surface area contributed by atoms with Gasteiger partial charge in [0.05, 0.1) is 12.1 Å². The number of para-hydroxylation sites is 1. The molecule has 7 heteroatoms. The molecule has 1 heterocycles. The summed E-state index contributed by atoms with van der Waals surface area (Å²) in [6, 6.07) is 7.14. The fraction of sp³-hybridized carbons (Fsp3) is 0.385. The van der Waals surface area contributed by atoms with Crippen molar-refractivity contribution in [2.45, 2.75) is 12.8 Å². The predicted octanol–water partition coefficient (Wildman–Crippen LogP) is 2.10. The minimum Gasteiger partial charge on any atom is -0.390 e. The lowest BCUT2D eigenvalue weighted by Gasteiger charge is -2.16. The van der Waals surface area contributed by atoms with E-state index in [1.807, 2.05) is 13.0 Å². The largest absolute Gasteiger partial charge is 0.390 e. The first-order valence-electron chi connectivity index (χ1n) is 6.29. The normalized spacial score (nSPS) is 11.6. The second-order valence-electron chi connectivity index (χ2n) is 4.31. The molecule has 0 radical (unpaired) electrons. The van der Waals surface area contributed by atoms with E-state index < -0.39 is 19.1 Å². The number of aliphatic hydroxyl groups is 1. The van der Waals surface area contributed by atoms with E-state index in [0.717, 1.165) is 0 Å². The van der Waals surface area contributed by atoms with E-state index in [0.29, 0.717) is 29.2 Å². The number of hydrogen-bond donors (Lipinski definition) is 3. The molecule has 1 aromatic carbocycles. The minimum absolute atomic E-state index is 0.319. The van der Waals surface area contributed by atoms with Crippen LogP contribution in [0.1, 0.15) is 6.92 Å². The summed E-state index contributed by atoms with van der Waals surface area (Å²) in [6.07, 6.45) is 0. The van der Waals surface area contributed by atoms with Crippen molar-refractivity contribution < 1.29 is 13.9 Å². The quantitative estimate of drug-likeness (QED) is 0.757. The standard InChI is InChI=1S/C13H16F2N4O/c1-2-16-12-18-10-6-4-3-5-9(10)11(19-12)17-7-13(14,15)8-20/h3-6,20H,2,7-8H2,1H3,(H2,16,17,18,19). The summed E-state index contributed by atoms with van der Waals surface area (Å²) in [5.41, 5.74) is 0.660. The maximum atomic E-state index is 13.1. The topological polar surface area (TPSA) is 70.1 Å². The molecule has 0 bridgehead atoms. The molecule has 1 aromatic heterocycles. The summed E-state index contributed by atoms with van der Waals surface area (Å²) in [5, 5.41) is 14.8. The first-order chi connectivity index (χ1) is 9.55. The summed E-state index contributed by atoms with van der Waals surface area (Å²) < 4.78 is 26.2. The molecule has 0 saturated heterocycles. The Morgan fingerprint density at radius 2 is 1.95 bits per heavy atom. The number of aromatic nitrogens is 2. The van der Waals surface area contributed by atoms with Gasteiger partial charge in [0.1, 0.15) is 12.4 Å². The Hall–Kier alpha value is -2.02. The number of hydrogen-bond acceptors (Lipinski definition) is 5. The van der Waals surface area contributed by atoms with Gasteiger partial charge in [-0.3, -0.25) is 0 Å². The Balaban J connectivity index is 2.34. The van der Waals surface area contributed by atoms with Crippen molar-refractivity contribution in [2.24, 2.45) is 0 Å². The second-order valence-corrected chi connectivity index (χ2v) is 4.31. The van der Waals surface area contributed by atoms with Crippen LogP contribution in [0.3, 0.4) is 0 Å². The number of alkyl halides is 2. The van der Waals surface area contributed by atoms with Crippen molar-refractivity contribution in [2.75, 3.05) is 30.3 Å². The van der Waals surface area contributed by atoms with Crippen LogP contribution >= 0.6 is 0 Å². The Morgan fingerprint density at radius 3 is 2.65 bits per heavy atom. The molecule has 0 aliphatic rings. The number of benzene rings is 1. The van der Waals surface area contributed by atoms with Gasteiger partial charge in [0, 0.05) is 11.9 Å². The van der Waals surface area contributed by atoms with Gasteiger partial charge in [0.25, 0.3) is 5.92 Å². The zero-order valence-corrected chi connectivity index (χ0v) is 11.0. The number of fused-ring (bicyclic) bond motifs is 1. The van der Waals surface area contributed by atoms with Gasteiger partial charge in [-0.2, -0.15) is 4.98 Å². The van der Waals surface area contributed by atoms with Crippen LogP contribution in [0.2, 0.25) is 0 Å². The van der Waals surface area contributed by atoms with Crippen LogP contribution in [0.25, 0.3) is 10.9 Å². The average Bonchev–Trinajstić information content (AvgIpc) is 2.45. The summed E-state index contributed by atoms with van der Waals surface area (Å²) in [5.74, 6) is -2.49. The van der Waals surface area contributed by atoms with E-state index in [9.17, 15) is 8.78 Å². The lowest BCUT2D eigenvalue weighted by atomic mass is 10.2. The number of anilines is 2. The number of aliphatic hydroxyl groups excluding tert-OH is 1. The van der Waals surface area contributed by atoms with E-state index in [4.69, 9.17) is 5.11 Å². The molecule has 0 saturated carbocycles. The zero-order chi connectivity index (χ0) is 14.6. The van der Waals surface area contributed by atoms with Crippen molar-refractivity contribution in [3.8, 4) is 0 Å². The molecule has 0 unspecified atom stereocenters. The number of halogens is 2. The van der Waals surface area contributed by atoms with Gasteiger partial charge in [0.2, 0.25) is 5.95 Å². The van der Waals surface area contributed by atoms with Gasteiger partial charge < -0.3 is 15.7 Å². The van der Waals surface area contributed by atoms with Crippen LogP contribution in [0.4, 0.5) is 20.5 Å². The maximum Gasteiger partial charge on any atom is 0.287 e. The third-order valence-electron chi connectivity index (χ3n) is 2.68. The van der Waals surface area contributed by atoms with Crippen molar-refractivity contribution >= 4 is 22.7 Å². The van der Waals surface area contributed by atoms with Gasteiger partial charge in [0.15, 0.2) is 0 Å². The van der Waals surface area contributed by atoms with Gasteiger partial charge in [-0.05, 0) is 19.1 Å². The third-order valence-corrected chi connectivity index (χ3v) is 2.68. The Morgan fingerprint density at radius 1 is 1.20 bits per heavy atom. The van der Waals surface area contributed by atoms with E-state index in [-0.39, 0.29) is 0 Å². The Labute approximate surface area is 115 Å². The first-order valence-corrected chi connectivity index (χ1v) is 6.29. The highest BCUT2D eigenvalue weighted by Gasteiger charge is 2.27. The molecule has 5 nitrogen and oxygen atoms in total. The highest BCUT2D eigenvalue weighted by atomic mass is 19.3. The van der Waals surface area contributed by atoms with Gasteiger partial charge >= 0.3 is 0 Å². The molecule has 0 aliphatic carbocycles. The molecule has 2 aromatic rings. The summed E-state index contributed by atoms with van der Waals surface area (Å²) >= 11 is 0. The molecule has 0 amide bonds. The molecule has 0 spiro atoms. The Kier molecular flexibility index (Phi) is 4.29. The van der Waals surface area contributed by atoms with E-state index in [2.05, 4.69) is 20.6 Å². The fourth-order valence-electron chi connectivity index (χ4n) is 1.72. The van der Waals surface area contributed by atoms with E-state index in [1.165, 1.54) is 0 Å². The monoisotopic (exact) mass is 282 g/mol. The Bertz CT molecular complexity index is 592. The smallest absolute Gasteiger partial charge is 0.287 e. The van der Waals surface area contributed by atoms with Gasteiger partial charge in [-0.1, -0.05) is 12.1 Å². The SMILES string of the molecule is CCNc1nc(NCC(F)(F)CO)c2ccccc2n1. The van der Waals surface area contributed by atoms with E-state index in [1.54, 1.807) is 18.2 Å². The first kappa shape index (κ1) is 14.4. The zero-order valence-electron chi connectivity index (χ0n) is 11.0. The molecular formula is C13H16F2N4O. The molecule has 0 aliphatic heterocycles. The molecule has 3 N–H and O–H groups in total. The highest BCUT2D eigenvalue weighted by Crippen LogP contribution is 2.23. The molecule has 0 atom stereocenters. The van der Waals surface area contributed by atoms with Gasteiger partial charge in [-0.25, -0.2) is 13.8 Å². The molecule has 108 valence electrons. The highest BCUT2D eigenvalue weighted by molar-refractivity contribution is 5.90. The van der Waals surface area contributed by atoms with Crippen LogP contribution in [-0.2, 0) is 0 Å². The summed E-state index contributed by atoms with van der Waals surface area (Å²) in [7, 11) is 0. The lowest BCUT2D eigenvalue weighted by Crippen LogP contribution is -2.31. The fourth-order valence-corrected chi connectivity index (χ4v) is 1.72. The number of rotatable bonds is 6. The molecule has 0 fully saturated rings. The summed E-state index contributed by atoms with van der Waals surface area (Å²) in [6.45, 7) is 0.634. The minimum atomic E-state index is -3.19. The summed E-state index contributed by atoms with van der Waals surface area (Å²) in [4.78, 5) is 8.47. The van der Waals surface area contributed by atoms with Crippen molar-refractivity contribution in [1.29, 1.82) is 0 Å². The number of nitrogens with one attached hydrogen (secondary N) is 2. The average molecular weight is 282 g/mol. The van der Waals surface area contributed by atoms with Crippen molar-refractivity contribution in [3.05, 3.63) is 24.3 Å². The van der Waals surface area contributed by atoms with Crippen molar-refractivity contribution in [3.63, 3.8) is 0 Å². The number of nitrogens with zero attached hydrogens (tertiary/aromatic N) is 2. The molecule has 2 rings (SSSR count). The van der Waals surface area contributed by atoms with E-state index >= 15 is 0 Å². The third kappa shape index (κ3) is 3.30.